The molecule has 0 N–H and O–H groups in total. The van der Waals surface area contributed by atoms with Crippen LogP contribution >= 0.6 is 23.4 Å². The van der Waals surface area contributed by atoms with Crippen LogP contribution in [0.15, 0.2) is 46.3 Å². The highest BCUT2D eigenvalue weighted by Gasteiger charge is 2.32. The van der Waals surface area contributed by atoms with Gasteiger partial charge in [0.25, 0.3) is 0 Å². The van der Waals surface area contributed by atoms with Crippen molar-refractivity contribution in [3.05, 3.63) is 47.0 Å². The molecule has 0 aliphatic heterocycles. The van der Waals surface area contributed by atoms with Gasteiger partial charge in [0.15, 0.2) is 0 Å². The molecule has 1 amide bonds. The number of amides is 1. The van der Waals surface area contributed by atoms with E-state index in [-0.39, 0.29) is 10.6 Å². The van der Waals surface area contributed by atoms with Crippen LogP contribution in [-0.4, -0.2) is 18.3 Å². The quantitative estimate of drug-likeness (QED) is 0.480. The van der Waals surface area contributed by atoms with E-state index in [2.05, 4.69) is 16.4 Å². The highest BCUT2D eigenvalue weighted by atomic mass is 35.5. The maximum atomic E-state index is 12.6. The van der Waals surface area contributed by atoms with Crippen LogP contribution in [0.25, 0.3) is 11.1 Å². The van der Waals surface area contributed by atoms with E-state index in [9.17, 15) is 18.0 Å². The maximum Gasteiger partial charge on any atom is 0.573 e. The topological polar surface area (TPSA) is 38.7 Å². The van der Waals surface area contributed by atoms with Gasteiger partial charge in [-0.3, -0.25) is 4.79 Å². The molecule has 0 radical (unpaired) electrons. The Morgan fingerprint density at radius 1 is 1.29 bits per heavy atom. The highest BCUT2D eigenvalue weighted by molar-refractivity contribution is 8.13. The van der Waals surface area contributed by atoms with Gasteiger partial charge in [0.2, 0.25) is 0 Å². The van der Waals surface area contributed by atoms with Gasteiger partial charge in [-0.05, 0) is 54.7 Å². The molecule has 8 heteroatoms. The minimum atomic E-state index is -4.84. The van der Waals surface area contributed by atoms with Gasteiger partial charge in [0.1, 0.15) is 5.75 Å². The minimum Gasteiger partial charge on any atom is -0.405 e. The van der Waals surface area contributed by atoms with Crippen LogP contribution in [0.4, 0.5) is 18.0 Å². The summed E-state index contributed by atoms with van der Waals surface area (Å²) in [7, 11) is 0. The molecule has 0 aliphatic rings. The first kappa shape index (κ1) is 18.4. The Balaban J connectivity index is 2.54. The zero-order valence-electron chi connectivity index (χ0n) is 12.4. The predicted molar refractivity (Wildman–Crippen MR) is 89.1 cm³/mol. The molecule has 0 bridgehead atoms. The number of carbonyl (C=O) groups is 1. The standard InChI is InChI=1S/C16H11ClF3NO2S/c1-9-6-7-10(8-13(9)24-15(22)21-2)14-11(17)4-3-5-12(14)23-16(18,19)20/h3-8H,2H2,1H3. The summed E-state index contributed by atoms with van der Waals surface area (Å²) in [4.78, 5) is 15.3. The Hall–Kier alpha value is -1.99. The molecule has 0 unspecified atom stereocenters. The average Bonchev–Trinajstić information content (AvgIpc) is 2.48. The van der Waals surface area contributed by atoms with Crippen molar-refractivity contribution in [3.63, 3.8) is 0 Å². The number of hydrogen-bond acceptors (Lipinski definition) is 3. The lowest BCUT2D eigenvalue weighted by Crippen LogP contribution is -2.17. The first-order valence-electron chi connectivity index (χ1n) is 6.55. The summed E-state index contributed by atoms with van der Waals surface area (Å²) in [6.07, 6.45) is -4.84. The van der Waals surface area contributed by atoms with Crippen molar-refractivity contribution >= 4 is 35.3 Å². The summed E-state index contributed by atoms with van der Waals surface area (Å²) < 4.78 is 41.8. The molecule has 0 spiro atoms. The molecule has 2 aromatic carbocycles. The van der Waals surface area contributed by atoms with E-state index in [1.54, 1.807) is 25.1 Å². The fraction of sp³-hybridized carbons (Fsp3) is 0.125. The summed E-state index contributed by atoms with van der Waals surface area (Å²) in [5, 5.41) is -0.411. The second-order valence-corrected chi connectivity index (χ2v) is 6.07. The number of halogens is 4. The van der Waals surface area contributed by atoms with Crippen molar-refractivity contribution in [1.29, 1.82) is 0 Å². The van der Waals surface area contributed by atoms with Gasteiger partial charge < -0.3 is 4.74 Å². The van der Waals surface area contributed by atoms with E-state index < -0.39 is 17.4 Å². The number of aliphatic imine (C=N–C) groups is 1. The molecule has 0 saturated heterocycles. The average molecular weight is 374 g/mol. The summed E-state index contributed by atoms with van der Waals surface area (Å²) in [5.41, 5.74) is 1.26. The number of thioether (sulfide) groups is 1. The van der Waals surface area contributed by atoms with E-state index in [1.165, 1.54) is 18.2 Å². The molecule has 0 aliphatic carbocycles. The Morgan fingerprint density at radius 3 is 2.62 bits per heavy atom. The number of hydrogen-bond donors (Lipinski definition) is 0. The molecule has 0 atom stereocenters. The monoisotopic (exact) mass is 373 g/mol. The normalized spacial score (nSPS) is 11.2. The molecule has 2 aromatic rings. The maximum absolute atomic E-state index is 12.6. The lowest BCUT2D eigenvalue weighted by atomic mass is 10.0. The van der Waals surface area contributed by atoms with Crippen LogP contribution in [0.1, 0.15) is 5.56 Å². The number of alkyl halides is 3. The Bertz CT molecular complexity index is 793. The molecule has 3 nitrogen and oxygen atoms in total. The van der Waals surface area contributed by atoms with Gasteiger partial charge in [-0.15, -0.1) is 13.2 Å². The van der Waals surface area contributed by atoms with Crippen LogP contribution < -0.4 is 4.74 Å². The van der Waals surface area contributed by atoms with Crippen molar-refractivity contribution < 1.29 is 22.7 Å². The first-order chi connectivity index (χ1) is 11.2. The molecule has 0 aromatic heterocycles. The second kappa shape index (κ2) is 7.27. The lowest BCUT2D eigenvalue weighted by molar-refractivity contribution is -0.274. The molecule has 24 heavy (non-hydrogen) atoms. The summed E-state index contributed by atoms with van der Waals surface area (Å²) >= 11 is 6.90. The van der Waals surface area contributed by atoms with E-state index in [0.717, 1.165) is 17.3 Å². The Morgan fingerprint density at radius 2 is 2.00 bits per heavy atom. The minimum absolute atomic E-state index is 0.0948. The SMILES string of the molecule is C=NC(=O)Sc1cc(-c2c(Cl)cccc2OC(F)(F)F)ccc1C. The fourth-order valence-corrected chi connectivity index (χ4v) is 2.93. The number of benzene rings is 2. The summed E-state index contributed by atoms with van der Waals surface area (Å²) in [5.74, 6) is -0.414. The molecule has 0 fully saturated rings. The number of rotatable bonds is 3. The van der Waals surface area contributed by atoms with Crippen molar-refractivity contribution in [2.75, 3.05) is 0 Å². The van der Waals surface area contributed by atoms with Crippen molar-refractivity contribution in [2.24, 2.45) is 4.99 Å². The van der Waals surface area contributed by atoms with Gasteiger partial charge in [-0.2, -0.15) is 0 Å². The van der Waals surface area contributed by atoms with Crippen LogP contribution in [-0.2, 0) is 0 Å². The Kier molecular flexibility index (Phi) is 5.56. The van der Waals surface area contributed by atoms with Gasteiger partial charge in [-0.1, -0.05) is 29.8 Å². The zero-order chi connectivity index (χ0) is 17.9. The van der Waals surface area contributed by atoms with Gasteiger partial charge in [-0.25, -0.2) is 4.99 Å². The third-order valence-electron chi connectivity index (χ3n) is 3.00. The highest BCUT2D eigenvalue weighted by Crippen LogP contribution is 2.40. The van der Waals surface area contributed by atoms with E-state index in [0.29, 0.717) is 10.5 Å². The van der Waals surface area contributed by atoms with Crippen molar-refractivity contribution in [2.45, 2.75) is 18.2 Å². The van der Waals surface area contributed by atoms with E-state index >= 15 is 0 Å². The van der Waals surface area contributed by atoms with Gasteiger partial charge >= 0.3 is 11.6 Å². The van der Waals surface area contributed by atoms with E-state index in [1.807, 2.05) is 0 Å². The molecule has 126 valence electrons. The molecular weight excluding hydrogens is 363 g/mol. The number of nitrogens with zero attached hydrogens (tertiary/aromatic N) is 1. The lowest BCUT2D eigenvalue weighted by Gasteiger charge is -2.15. The summed E-state index contributed by atoms with van der Waals surface area (Å²) in [6, 6.07) is 8.85. The molecule has 0 heterocycles. The molecular formula is C16H11ClF3NO2S. The van der Waals surface area contributed by atoms with Crippen LogP contribution in [0.3, 0.4) is 0 Å². The number of aryl methyl sites for hydroxylation is 1. The van der Waals surface area contributed by atoms with Crippen LogP contribution in [0.2, 0.25) is 5.02 Å². The zero-order valence-corrected chi connectivity index (χ0v) is 13.9. The van der Waals surface area contributed by atoms with E-state index in [4.69, 9.17) is 11.6 Å². The van der Waals surface area contributed by atoms with Crippen molar-refractivity contribution in [1.82, 2.24) is 0 Å². The smallest absolute Gasteiger partial charge is 0.405 e. The first-order valence-corrected chi connectivity index (χ1v) is 7.74. The number of carbonyl (C=O) groups excluding carboxylic acids is 1. The van der Waals surface area contributed by atoms with Crippen molar-refractivity contribution in [3.8, 4) is 16.9 Å². The fourth-order valence-electron chi connectivity index (χ4n) is 1.99. The van der Waals surface area contributed by atoms with Crippen LogP contribution in [0.5, 0.6) is 5.75 Å². The molecule has 2 rings (SSSR count). The van der Waals surface area contributed by atoms with Gasteiger partial charge in [0.05, 0.1) is 5.02 Å². The third kappa shape index (κ3) is 4.52. The number of ether oxygens (including phenoxy) is 1. The summed E-state index contributed by atoms with van der Waals surface area (Å²) in [6.45, 7) is 4.92. The predicted octanol–water partition coefficient (Wildman–Crippen LogP) is 6.13. The Labute approximate surface area is 145 Å². The van der Waals surface area contributed by atoms with Crippen LogP contribution in [0, 0.1) is 6.92 Å². The largest absolute Gasteiger partial charge is 0.573 e. The second-order valence-electron chi connectivity index (χ2n) is 4.67. The third-order valence-corrected chi connectivity index (χ3v) is 4.28. The van der Waals surface area contributed by atoms with Gasteiger partial charge in [0, 0.05) is 10.5 Å². The molecule has 0 saturated carbocycles.